The van der Waals surface area contributed by atoms with Crippen LogP contribution >= 0.6 is 0 Å². The summed E-state index contributed by atoms with van der Waals surface area (Å²) in [7, 11) is 0. The standard InChI is InChI=1S/C17H22N4/c1-2-10-18-14-7-3-4-8-15-13(14)12-20-17(21-15)16-9-5-6-11-19-16/h5-6,9,11-12,14,18H,2-4,7-8,10H2,1H3. The Morgan fingerprint density at radius 3 is 3.00 bits per heavy atom. The van der Waals surface area contributed by atoms with Crippen molar-refractivity contribution in [2.24, 2.45) is 0 Å². The minimum atomic E-state index is 0.403. The van der Waals surface area contributed by atoms with Gasteiger partial charge in [0.05, 0.1) is 0 Å². The summed E-state index contributed by atoms with van der Waals surface area (Å²) in [5, 5.41) is 3.63. The van der Waals surface area contributed by atoms with Crippen LogP contribution in [0.2, 0.25) is 0 Å². The van der Waals surface area contributed by atoms with Crippen molar-refractivity contribution in [2.45, 2.75) is 45.1 Å². The molecule has 0 aromatic carbocycles. The molecule has 2 aromatic rings. The van der Waals surface area contributed by atoms with Crippen molar-refractivity contribution in [3.63, 3.8) is 0 Å². The zero-order valence-electron chi connectivity index (χ0n) is 12.5. The zero-order valence-corrected chi connectivity index (χ0v) is 12.5. The topological polar surface area (TPSA) is 50.7 Å². The van der Waals surface area contributed by atoms with Gasteiger partial charge in [-0.05, 0) is 44.4 Å². The number of fused-ring (bicyclic) bond motifs is 1. The SMILES string of the molecule is CCCNC1CCCCc2nc(-c3ccccn3)ncc21. The zero-order chi connectivity index (χ0) is 14.5. The summed E-state index contributed by atoms with van der Waals surface area (Å²) in [4.78, 5) is 13.7. The number of pyridine rings is 1. The van der Waals surface area contributed by atoms with Gasteiger partial charge in [-0.3, -0.25) is 4.98 Å². The molecular formula is C17H22N4. The summed E-state index contributed by atoms with van der Waals surface area (Å²) < 4.78 is 0. The normalized spacial score (nSPS) is 18.0. The fraction of sp³-hybridized carbons (Fsp3) is 0.471. The second-order valence-corrected chi connectivity index (χ2v) is 5.56. The average Bonchev–Trinajstić information content (AvgIpc) is 2.75. The molecule has 1 aliphatic rings. The molecule has 1 aliphatic carbocycles. The molecule has 3 rings (SSSR count). The molecular weight excluding hydrogens is 260 g/mol. The maximum absolute atomic E-state index is 4.79. The maximum atomic E-state index is 4.79. The molecule has 1 N–H and O–H groups in total. The third kappa shape index (κ3) is 3.27. The first-order valence-electron chi connectivity index (χ1n) is 7.89. The second kappa shape index (κ2) is 6.76. The van der Waals surface area contributed by atoms with E-state index in [4.69, 9.17) is 4.98 Å². The quantitative estimate of drug-likeness (QED) is 0.874. The van der Waals surface area contributed by atoms with Gasteiger partial charge in [0.2, 0.25) is 0 Å². The van der Waals surface area contributed by atoms with Gasteiger partial charge in [0.15, 0.2) is 5.82 Å². The van der Waals surface area contributed by atoms with Crippen LogP contribution in [0.1, 0.15) is 49.9 Å². The van der Waals surface area contributed by atoms with Gasteiger partial charge in [-0.15, -0.1) is 0 Å². The van der Waals surface area contributed by atoms with E-state index in [0.29, 0.717) is 6.04 Å². The predicted octanol–water partition coefficient (Wildman–Crippen LogP) is 3.31. The third-order valence-corrected chi connectivity index (χ3v) is 3.97. The van der Waals surface area contributed by atoms with E-state index in [2.05, 4.69) is 22.2 Å². The number of aryl methyl sites for hydroxylation is 1. The molecule has 110 valence electrons. The molecule has 1 unspecified atom stereocenters. The highest BCUT2D eigenvalue weighted by Gasteiger charge is 2.20. The lowest BCUT2D eigenvalue weighted by Crippen LogP contribution is -2.23. The molecule has 0 saturated carbocycles. The van der Waals surface area contributed by atoms with E-state index in [1.54, 1.807) is 6.20 Å². The molecule has 2 heterocycles. The van der Waals surface area contributed by atoms with Crippen molar-refractivity contribution in [3.05, 3.63) is 41.9 Å². The number of rotatable bonds is 4. The van der Waals surface area contributed by atoms with Crippen molar-refractivity contribution < 1.29 is 0 Å². The lowest BCUT2D eigenvalue weighted by molar-refractivity contribution is 0.488. The van der Waals surface area contributed by atoms with E-state index in [0.717, 1.165) is 30.9 Å². The molecule has 0 spiro atoms. The van der Waals surface area contributed by atoms with E-state index in [1.165, 1.54) is 30.5 Å². The van der Waals surface area contributed by atoms with Crippen LogP contribution in [0.15, 0.2) is 30.6 Å². The van der Waals surface area contributed by atoms with E-state index in [-0.39, 0.29) is 0 Å². The lowest BCUT2D eigenvalue weighted by atomic mass is 10.0. The van der Waals surface area contributed by atoms with E-state index < -0.39 is 0 Å². The average molecular weight is 282 g/mol. The highest BCUT2D eigenvalue weighted by Crippen LogP contribution is 2.28. The Morgan fingerprint density at radius 1 is 1.24 bits per heavy atom. The van der Waals surface area contributed by atoms with E-state index in [1.807, 2.05) is 24.4 Å². The third-order valence-electron chi connectivity index (χ3n) is 3.97. The fourth-order valence-electron chi connectivity index (χ4n) is 2.86. The van der Waals surface area contributed by atoms with Crippen molar-refractivity contribution in [1.29, 1.82) is 0 Å². The number of hydrogen-bond acceptors (Lipinski definition) is 4. The Bertz CT molecular complexity index is 583. The van der Waals surface area contributed by atoms with Crippen LogP contribution in [-0.4, -0.2) is 21.5 Å². The summed E-state index contributed by atoms with van der Waals surface area (Å²) in [6, 6.07) is 6.26. The first-order valence-corrected chi connectivity index (χ1v) is 7.89. The van der Waals surface area contributed by atoms with Crippen LogP contribution in [0, 0.1) is 0 Å². The van der Waals surface area contributed by atoms with E-state index in [9.17, 15) is 0 Å². The summed E-state index contributed by atoms with van der Waals surface area (Å²) in [5.74, 6) is 0.741. The lowest BCUT2D eigenvalue weighted by Gasteiger charge is -2.18. The molecule has 21 heavy (non-hydrogen) atoms. The molecule has 0 amide bonds. The summed E-state index contributed by atoms with van der Waals surface area (Å²) in [5.41, 5.74) is 3.32. The Hall–Kier alpha value is -1.81. The largest absolute Gasteiger partial charge is 0.310 e. The number of aromatic nitrogens is 3. The Balaban J connectivity index is 1.92. The van der Waals surface area contributed by atoms with Crippen molar-refractivity contribution >= 4 is 0 Å². The summed E-state index contributed by atoms with van der Waals surface area (Å²) in [6.45, 7) is 3.25. The van der Waals surface area contributed by atoms with Gasteiger partial charge < -0.3 is 5.32 Å². The molecule has 0 aliphatic heterocycles. The summed E-state index contributed by atoms with van der Waals surface area (Å²) >= 11 is 0. The van der Waals surface area contributed by atoms with Gasteiger partial charge in [-0.2, -0.15) is 0 Å². The number of nitrogens with zero attached hydrogens (tertiary/aromatic N) is 3. The van der Waals surface area contributed by atoms with Gasteiger partial charge in [0.25, 0.3) is 0 Å². The van der Waals surface area contributed by atoms with Gasteiger partial charge >= 0.3 is 0 Å². The maximum Gasteiger partial charge on any atom is 0.178 e. The van der Waals surface area contributed by atoms with Crippen molar-refractivity contribution in [1.82, 2.24) is 20.3 Å². The fourth-order valence-corrected chi connectivity index (χ4v) is 2.86. The second-order valence-electron chi connectivity index (χ2n) is 5.56. The first-order chi connectivity index (χ1) is 10.4. The molecule has 1 atom stereocenters. The molecule has 0 saturated heterocycles. The molecule has 2 aromatic heterocycles. The van der Waals surface area contributed by atoms with Crippen LogP contribution in [0.4, 0.5) is 0 Å². The van der Waals surface area contributed by atoms with Gasteiger partial charge in [-0.25, -0.2) is 9.97 Å². The van der Waals surface area contributed by atoms with Crippen molar-refractivity contribution in [3.8, 4) is 11.5 Å². The number of nitrogens with one attached hydrogen (secondary N) is 1. The number of hydrogen-bond donors (Lipinski definition) is 1. The van der Waals surface area contributed by atoms with Crippen LogP contribution < -0.4 is 5.32 Å². The van der Waals surface area contributed by atoms with Crippen LogP contribution in [-0.2, 0) is 6.42 Å². The molecule has 0 bridgehead atoms. The summed E-state index contributed by atoms with van der Waals surface area (Å²) in [6.07, 6.45) is 9.62. The smallest absolute Gasteiger partial charge is 0.178 e. The van der Waals surface area contributed by atoms with Gasteiger partial charge in [-0.1, -0.05) is 19.4 Å². The molecule has 4 heteroatoms. The predicted molar refractivity (Wildman–Crippen MR) is 83.9 cm³/mol. The van der Waals surface area contributed by atoms with Crippen LogP contribution in [0.5, 0.6) is 0 Å². The van der Waals surface area contributed by atoms with Crippen LogP contribution in [0.3, 0.4) is 0 Å². The molecule has 0 fully saturated rings. The molecule has 4 nitrogen and oxygen atoms in total. The van der Waals surface area contributed by atoms with Crippen LogP contribution in [0.25, 0.3) is 11.5 Å². The van der Waals surface area contributed by atoms with Crippen molar-refractivity contribution in [2.75, 3.05) is 6.54 Å². The van der Waals surface area contributed by atoms with Gasteiger partial charge in [0.1, 0.15) is 5.69 Å². The monoisotopic (exact) mass is 282 g/mol. The minimum absolute atomic E-state index is 0.403. The Morgan fingerprint density at radius 2 is 2.19 bits per heavy atom. The highest BCUT2D eigenvalue weighted by molar-refractivity contribution is 5.49. The minimum Gasteiger partial charge on any atom is -0.310 e. The molecule has 0 radical (unpaired) electrons. The van der Waals surface area contributed by atoms with Gasteiger partial charge in [0, 0.05) is 29.7 Å². The highest BCUT2D eigenvalue weighted by atomic mass is 15.0. The Labute approximate surface area is 126 Å². The Kier molecular flexibility index (Phi) is 4.55. The first kappa shape index (κ1) is 14.1. The van der Waals surface area contributed by atoms with E-state index >= 15 is 0 Å².